The van der Waals surface area contributed by atoms with Crippen molar-refractivity contribution >= 4 is 11.9 Å². The maximum absolute atomic E-state index is 10.3. The normalized spacial score (nSPS) is 23.3. The van der Waals surface area contributed by atoms with Crippen LogP contribution in [0.25, 0.3) is 0 Å². The summed E-state index contributed by atoms with van der Waals surface area (Å²) in [4.78, 5) is 15.6. The van der Waals surface area contributed by atoms with Gasteiger partial charge in [0, 0.05) is 12.8 Å². The van der Waals surface area contributed by atoms with Crippen LogP contribution in [0.1, 0.15) is 19.3 Å². The summed E-state index contributed by atoms with van der Waals surface area (Å²) in [7, 11) is 0. The molecule has 1 spiro atoms. The van der Waals surface area contributed by atoms with Crippen molar-refractivity contribution in [2.45, 2.75) is 24.9 Å². The lowest BCUT2D eigenvalue weighted by atomic mass is 9.91. The van der Waals surface area contributed by atoms with Gasteiger partial charge in [0.25, 0.3) is 0 Å². The molecule has 84 valence electrons. The first kappa shape index (κ1) is 10.2. The Labute approximate surface area is 86.8 Å². The molecular weight excluding hydrogens is 202 g/mol. The van der Waals surface area contributed by atoms with E-state index in [1.54, 1.807) is 0 Å². The van der Waals surface area contributed by atoms with E-state index in [-0.39, 0.29) is 12.2 Å². The molecule has 0 aromatic heterocycles. The van der Waals surface area contributed by atoms with Crippen molar-refractivity contribution in [2.75, 3.05) is 19.8 Å². The summed E-state index contributed by atoms with van der Waals surface area (Å²) in [6.45, 7) is 0.943. The highest BCUT2D eigenvalue weighted by atomic mass is 16.7. The Kier molecular flexibility index (Phi) is 2.77. The third kappa shape index (κ3) is 2.38. The molecule has 6 heteroatoms. The zero-order chi connectivity index (χ0) is 10.7. The van der Waals surface area contributed by atoms with Gasteiger partial charge in [0.1, 0.15) is 0 Å². The number of rotatable bonds is 2. The van der Waals surface area contributed by atoms with Gasteiger partial charge in [-0.05, 0) is 0 Å². The molecule has 6 nitrogen and oxygen atoms in total. The lowest BCUT2D eigenvalue weighted by Gasteiger charge is -2.29. The molecule has 0 amide bonds. The largest absolute Gasteiger partial charge is 0.479 e. The van der Waals surface area contributed by atoms with Crippen molar-refractivity contribution in [1.29, 1.82) is 0 Å². The van der Waals surface area contributed by atoms with E-state index in [1.165, 1.54) is 0 Å². The van der Waals surface area contributed by atoms with Gasteiger partial charge in [-0.2, -0.15) is 0 Å². The summed E-state index contributed by atoms with van der Waals surface area (Å²) in [5.41, 5.74) is -0.313. The molecule has 1 fully saturated rings. The number of carboxylic acids is 1. The molecule has 0 saturated carbocycles. The average molecular weight is 215 g/mol. The zero-order valence-corrected chi connectivity index (χ0v) is 8.27. The number of carboxylic acid groups (broad SMARTS) is 1. The molecule has 0 bridgehead atoms. The van der Waals surface area contributed by atoms with Crippen molar-refractivity contribution in [3.63, 3.8) is 0 Å². The predicted octanol–water partition coefficient (Wildman–Crippen LogP) is 0.371. The maximum atomic E-state index is 10.3. The van der Waals surface area contributed by atoms with Gasteiger partial charge in [0.15, 0.2) is 12.2 Å². The molecule has 0 aromatic rings. The smallest absolute Gasteiger partial charge is 0.341 e. The Morgan fingerprint density at radius 1 is 1.53 bits per heavy atom. The van der Waals surface area contributed by atoms with E-state index in [0.717, 1.165) is 12.8 Å². The number of hydrogen-bond donors (Lipinski definition) is 1. The highest BCUT2D eigenvalue weighted by molar-refractivity contribution is 5.80. The third-order valence-corrected chi connectivity index (χ3v) is 2.58. The van der Waals surface area contributed by atoms with E-state index in [9.17, 15) is 4.79 Å². The minimum absolute atomic E-state index is 0.313. The van der Waals surface area contributed by atoms with Crippen LogP contribution in [0, 0.1) is 0 Å². The summed E-state index contributed by atoms with van der Waals surface area (Å²) < 4.78 is 10.2. The van der Waals surface area contributed by atoms with Crippen LogP contribution in [-0.2, 0) is 19.1 Å². The Morgan fingerprint density at radius 3 is 2.93 bits per heavy atom. The number of nitrogens with zero attached hydrogens (tertiary/aromatic N) is 1. The summed E-state index contributed by atoms with van der Waals surface area (Å²) in [6, 6.07) is 0. The van der Waals surface area contributed by atoms with Gasteiger partial charge < -0.3 is 19.4 Å². The first-order chi connectivity index (χ1) is 7.20. The Balaban J connectivity index is 1.83. The Bertz CT molecular complexity index is 282. The van der Waals surface area contributed by atoms with E-state index < -0.39 is 5.97 Å². The first-order valence-electron chi connectivity index (χ1n) is 4.88. The van der Waals surface area contributed by atoms with Gasteiger partial charge >= 0.3 is 5.97 Å². The van der Waals surface area contributed by atoms with Crippen molar-refractivity contribution in [1.82, 2.24) is 0 Å². The van der Waals surface area contributed by atoms with Crippen molar-refractivity contribution < 1.29 is 24.2 Å². The number of carbonyl (C=O) groups is 1. The minimum atomic E-state index is -1.01. The highest BCUT2D eigenvalue weighted by Crippen LogP contribution is 2.33. The standard InChI is InChI=1S/C9H13NO5/c11-8(12)6-14-7-5-9(15-10-7)1-3-13-4-2-9/h1-6H2,(H,11,12). The van der Waals surface area contributed by atoms with Crippen LogP contribution in [0.5, 0.6) is 0 Å². The van der Waals surface area contributed by atoms with Crippen LogP contribution in [0.15, 0.2) is 5.16 Å². The van der Waals surface area contributed by atoms with E-state index in [1.807, 2.05) is 0 Å². The highest BCUT2D eigenvalue weighted by Gasteiger charge is 2.41. The van der Waals surface area contributed by atoms with Crippen molar-refractivity contribution in [2.24, 2.45) is 5.16 Å². The number of ether oxygens (including phenoxy) is 2. The lowest BCUT2D eigenvalue weighted by molar-refractivity contribution is -0.139. The molecule has 0 aromatic carbocycles. The molecule has 2 rings (SSSR count). The second kappa shape index (κ2) is 4.06. The summed E-state index contributed by atoms with van der Waals surface area (Å²) in [6.07, 6.45) is 2.09. The fourth-order valence-electron chi connectivity index (χ4n) is 1.72. The topological polar surface area (TPSA) is 77.4 Å². The molecule has 0 unspecified atom stereocenters. The Morgan fingerprint density at radius 2 is 2.27 bits per heavy atom. The summed E-state index contributed by atoms with van der Waals surface area (Å²) >= 11 is 0. The van der Waals surface area contributed by atoms with Gasteiger partial charge in [0.2, 0.25) is 5.90 Å². The van der Waals surface area contributed by atoms with Crippen molar-refractivity contribution in [3.8, 4) is 0 Å². The SMILES string of the molecule is O=C(O)COC1=NOC2(CCOCC2)C1. The molecule has 0 radical (unpaired) electrons. The van der Waals surface area contributed by atoms with E-state index in [0.29, 0.717) is 25.5 Å². The van der Waals surface area contributed by atoms with Gasteiger partial charge in [-0.25, -0.2) is 4.79 Å². The zero-order valence-electron chi connectivity index (χ0n) is 8.27. The van der Waals surface area contributed by atoms with Gasteiger partial charge in [0.05, 0.1) is 19.6 Å². The monoisotopic (exact) mass is 215 g/mol. The maximum Gasteiger partial charge on any atom is 0.341 e. The number of hydrogen-bond acceptors (Lipinski definition) is 5. The molecule has 0 aliphatic carbocycles. The molecule has 1 saturated heterocycles. The predicted molar refractivity (Wildman–Crippen MR) is 49.5 cm³/mol. The van der Waals surface area contributed by atoms with Crippen LogP contribution < -0.4 is 0 Å². The number of aliphatic carboxylic acids is 1. The average Bonchev–Trinajstić information content (AvgIpc) is 2.60. The molecular formula is C9H13NO5. The second-order valence-corrected chi connectivity index (χ2v) is 3.73. The fourth-order valence-corrected chi connectivity index (χ4v) is 1.72. The van der Waals surface area contributed by atoms with E-state index in [4.69, 9.17) is 19.4 Å². The molecule has 1 N–H and O–H groups in total. The lowest BCUT2D eigenvalue weighted by Crippen LogP contribution is -2.36. The first-order valence-corrected chi connectivity index (χ1v) is 4.88. The minimum Gasteiger partial charge on any atom is -0.479 e. The molecule has 2 aliphatic rings. The van der Waals surface area contributed by atoms with Crippen LogP contribution in [0.3, 0.4) is 0 Å². The number of oxime groups is 1. The van der Waals surface area contributed by atoms with Crippen molar-refractivity contribution in [3.05, 3.63) is 0 Å². The fraction of sp³-hybridized carbons (Fsp3) is 0.778. The van der Waals surface area contributed by atoms with Gasteiger partial charge in [-0.1, -0.05) is 5.16 Å². The summed E-state index contributed by atoms with van der Waals surface area (Å²) in [5.74, 6) is -0.634. The second-order valence-electron chi connectivity index (χ2n) is 3.73. The molecule has 0 atom stereocenters. The van der Waals surface area contributed by atoms with Crippen LogP contribution in [0.4, 0.5) is 0 Å². The summed E-state index contributed by atoms with van der Waals surface area (Å²) in [5, 5.41) is 12.2. The van der Waals surface area contributed by atoms with Gasteiger partial charge in [-0.15, -0.1) is 0 Å². The third-order valence-electron chi connectivity index (χ3n) is 2.58. The molecule has 2 heterocycles. The Hall–Kier alpha value is -1.30. The van der Waals surface area contributed by atoms with Gasteiger partial charge in [-0.3, -0.25) is 0 Å². The quantitative estimate of drug-likeness (QED) is 0.720. The van der Waals surface area contributed by atoms with E-state index >= 15 is 0 Å². The van der Waals surface area contributed by atoms with Crippen LogP contribution in [-0.4, -0.2) is 42.4 Å². The molecule has 2 aliphatic heterocycles. The van der Waals surface area contributed by atoms with Crippen LogP contribution in [0.2, 0.25) is 0 Å². The molecule has 15 heavy (non-hydrogen) atoms. The van der Waals surface area contributed by atoms with Crippen LogP contribution >= 0.6 is 0 Å². The van der Waals surface area contributed by atoms with E-state index in [2.05, 4.69) is 5.16 Å².